The number of methoxy groups -OCH3 is 2. The second-order valence-corrected chi connectivity index (χ2v) is 5.96. The van der Waals surface area contributed by atoms with Gasteiger partial charge in [-0.25, -0.2) is 0 Å². The Morgan fingerprint density at radius 2 is 1.46 bits per heavy atom. The molecule has 0 fully saturated rings. The van der Waals surface area contributed by atoms with Crippen LogP contribution in [-0.2, 0) is 14.3 Å². The number of primary amides is 1. The number of carbonyl (C=O) groups excluding carboxylic acids is 2. The van der Waals surface area contributed by atoms with Gasteiger partial charge in [0.1, 0.15) is 17.4 Å². The Labute approximate surface area is 165 Å². The molecule has 2 N–H and O–H groups in total. The molecule has 1 atom stereocenters. The van der Waals surface area contributed by atoms with Crippen LogP contribution in [0.25, 0.3) is 0 Å². The van der Waals surface area contributed by atoms with Gasteiger partial charge in [0, 0.05) is 13.2 Å². The highest BCUT2D eigenvalue weighted by Crippen LogP contribution is 2.39. The summed E-state index contributed by atoms with van der Waals surface area (Å²) in [5, 5.41) is 0. The van der Waals surface area contributed by atoms with Crippen molar-refractivity contribution in [3.63, 3.8) is 0 Å². The van der Waals surface area contributed by atoms with Crippen molar-refractivity contribution >= 4 is 23.2 Å². The molecule has 2 aromatic carbocycles. The Morgan fingerprint density at radius 1 is 0.964 bits per heavy atom. The third-order valence-corrected chi connectivity index (χ3v) is 4.27. The maximum Gasteiger partial charge on any atom is 0.244 e. The Morgan fingerprint density at radius 3 is 1.89 bits per heavy atom. The van der Waals surface area contributed by atoms with Gasteiger partial charge in [-0.2, -0.15) is 0 Å². The summed E-state index contributed by atoms with van der Waals surface area (Å²) < 4.78 is 16.2. The molecule has 0 radical (unpaired) electrons. The van der Waals surface area contributed by atoms with Crippen LogP contribution in [0.3, 0.4) is 0 Å². The first-order valence-corrected chi connectivity index (χ1v) is 9.02. The Kier molecular flexibility index (Phi) is 7.83. The lowest BCUT2D eigenvalue weighted by Gasteiger charge is -2.28. The van der Waals surface area contributed by atoms with E-state index >= 15 is 0 Å². The predicted molar refractivity (Wildman–Crippen MR) is 107 cm³/mol. The quantitative estimate of drug-likeness (QED) is 0.501. The van der Waals surface area contributed by atoms with E-state index in [4.69, 9.17) is 19.9 Å². The molecular weight excluding hydrogens is 360 g/mol. The van der Waals surface area contributed by atoms with E-state index in [1.807, 2.05) is 6.92 Å². The van der Waals surface area contributed by atoms with Crippen molar-refractivity contribution in [2.45, 2.75) is 13.3 Å². The topological polar surface area (TPSA) is 91.1 Å². The zero-order valence-corrected chi connectivity index (χ0v) is 16.4. The van der Waals surface area contributed by atoms with E-state index in [1.54, 1.807) is 48.5 Å². The molecule has 7 nitrogen and oxygen atoms in total. The van der Waals surface area contributed by atoms with Gasteiger partial charge in [-0.15, -0.1) is 0 Å². The average molecular weight is 386 g/mol. The molecule has 0 heterocycles. The zero-order valence-electron chi connectivity index (χ0n) is 16.4. The second kappa shape index (κ2) is 10.3. The minimum atomic E-state index is -1.05. The number of rotatable bonds is 10. The molecule has 2 aromatic rings. The number of nitrogens with zero attached hydrogens (tertiary/aromatic N) is 1. The monoisotopic (exact) mass is 386 g/mol. The molecule has 0 saturated heterocycles. The largest absolute Gasteiger partial charge is 0.495 e. The third kappa shape index (κ3) is 4.80. The van der Waals surface area contributed by atoms with Crippen LogP contribution in [-0.4, -0.2) is 39.2 Å². The number of nitrogens with two attached hydrogens (primary N) is 1. The highest BCUT2D eigenvalue weighted by atomic mass is 16.5. The molecule has 7 heteroatoms. The number of amides is 2. The van der Waals surface area contributed by atoms with Crippen molar-refractivity contribution in [2.75, 3.05) is 32.3 Å². The van der Waals surface area contributed by atoms with Gasteiger partial charge in [0.25, 0.3) is 0 Å². The van der Waals surface area contributed by atoms with Crippen molar-refractivity contribution in [3.8, 4) is 11.5 Å². The van der Waals surface area contributed by atoms with Crippen LogP contribution >= 0.6 is 0 Å². The van der Waals surface area contributed by atoms with Crippen LogP contribution in [0.5, 0.6) is 11.5 Å². The number of hydrogen-bond donors (Lipinski definition) is 1. The molecule has 0 aliphatic rings. The van der Waals surface area contributed by atoms with Crippen LogP contribution in [0.15, 0.2) is 48.5 Å². The molecule has 2 rings (SSSR count). The van der Waals surface area contributed by atoms with E-state index in [1.165, 1.54) is 19.1 Å². The van der Waals surface area contributed by atoms with Gasteiger partial charge < -0.3 is 19.9 Å². The predicted octanol–water partition coefficient (Wildman–Crippen LogP) is 2.90. The van der Waals surface area contributed by atoms with Crippen molar-refractivity contribution in [2.24, 2.45) is 11.7 Å². The SMILES string of the molecule is CCOCCC(C(N)=O)C(=O)N(c1ccccc1OC)c1ccccc1OC. The summed E-state index contributed by atoms with van der Waals surface area (Å²) in [5.41, 5.74) is 6.53. The lowest BCUT2D eigenvalue weighted by molar-refractivity contribution is -0.132. The average Bonchev–Trinajstić information content (AvgIpc) is 2.71. The van der Waals surface area contributed by atoms with E-state index in [2.05, 4.69) is 0 Å². The standard InChI is InChI=1S/C21H26N2O5/c1-4-28-14-13-15(20(22)24)21(25)23(16-9-5-7-11-18(16)26-2)17-10-6-8-12-19(17)27-3/h5-12,15H,4,13-14H2,1-3H3,(H2,22,24). The summed E-state index contributed by atoms with van der Waals surface area (Å²) in [7, 11) is 3.04. The minimum absolute atomic E-state index is 0.183. The minimum Gasteiger partial charge on any atom is -0.495 e. The first-order chi connectivity index (χ1) is 13.5. The van der Waals surface area contributed by atoms with Crippen molar-refractivity contribution < 1.29 is 23.8 Å². The molecule has 0 aliphatic heterocycles. The summed E-state index contributed by atoms with van der Waals surface area (Å²) >= 11 is 0. The molecule has 1 unspecified atom stereocenters. The van der Waals surface area contributed by atoms with Crippen LogP contribution in [0, 0.1) is 5.92 Å². The molecule has 0 saturated carbocycles. The third-order valence-electron chi connectivity index (χ3n) is 4.27. The number of para-hydroxylation sites is 4. The smallest absolute Gasteiger partial charge is 0.244 e. The number of benzene rings is 2. The number of ether oxygens (including phenoxy) is 3. The van der Waals surface area contributed by atoms with E-state index in [-0.39, 0.29) is 13.0 Å². The van der Waals surface area contributed by atoms with Crippen LogP contribution < -0.4 is 20.1 Å². The van der Waals surface area contributed by atoms with Gasteiger partial charge in [0.2, 0.25) is 11.8 Å². The first kappa shape index (κ1) is 21.2. The Bertz CT molecular complexity index is 761. The van der Waals surface area contributed by atoms with Crippen LogP contribution in [0.1, 0.15) is 13.3 Å². The molecule has 28 heavy (non-hydrogen) atoms. The van der Waals surface area contributed by atoms with Gasteiger partial charge in [-0.05, 0) is 37.6 Å². The molecule has 0 bridgehead atoms. The summed E-state index contributed by atoms with van der Waals surface area (Å²) in [6, 6.07) is 14.1. The summed E-state index contributed by atoms with van der Waals surface area (Å²) in [5.74, 6) is -1.27. The maximum absolute atomic E-state index is 13.5. The summed E-state index contributed by atoms with van der Waals surface area (Å²) in [6.07, 6.45) is 0.183. The second-order valence-electron chi connectivity index (χ2n) is 5.96. The molecule has 0 spiro atoms. The molecule has 0 aromatic heterocycles. The molecular formula is C21H26N2O5. The van der Waals surface area contributed by atoms with E-state index < -0.39 is 17.7 Å². The molecule has 0 aliphatic carbocycles. The van der Waals surface area contributed by atoms with E-state index in [9.17, 15) is 9.59 Å². The Balaban J connectivity index is 2.57. The van der Waals surface area contributed by atoms with Crippen LogP contribution in [0.2, 0.25) is 0 Å². The summed E-state index contributed by atoms with van der Waals surface area (Å²) in [6.45, 7) is 2.58. The van der Waals surface area contributed by atoms with Gasteiger partial charge in [0.15, 0.2) is 0 Å². The number of carbonyl (C=O) groups is 2. The molecule has 2 amide bonds. The highest BCUT2D eigenvalue weighted by Gasteiger charge is 2.33. The fraction of sp³-hybridized carbons (Fsp3) is 0.333. The number of anilines is 2. The van der Waals surface area contributed by atoms with Crippen molar-refractivity contribution in [3.05, 3.63) is 48.5 Å². The fourth-order valence-corrected chi connectivity index (χ4v) is 2.89. The normalized spacial score (nSPS) is 11.5. The fourth-order valence-electron chi connectivity index (χ4n) is 2.89. The highest BCUT2D eigenvalue weighted by molar-refractivity contribution is 6.12. The lowest BCUT2D eigenvalue weighted by Crippen LogP contribution is -2.40. The Hall–Kier alpha value is -3.06. The molecule has 150 valence electrons. The van der Waals surface area contributed by atoms with Gasteiger partial charge in [-0.1, -0.05) is 24.3 Å². The summed E-state index contributed by atoms with van der Waals surface area (Å²) in [4.78, 5) is 27.0. The van der Waals surface area contributed by atoms with E-state index in [0.29, 0.717) is 29.5 Å². The maximum atomic E-state index is 13.5. The van der Waals surface area contributed by atoms with Gasteiger partial charge >= 0.3 is 0 Å². The number of hydrogen-bond acceptors (Lipinski definition) is 5. The zero-order chi connectivity index (χ0) is 20.5. The van der Waals surface area contributed by atoms with Gasteiger partial charge in [-0.3, -0.25) is 14.5 Å². The first-order valence-electron chi connectivity index (χ1n) is 9.02. The van der Waals surface area contributed by atoms with Crippen LogP contribution in [0.4, 0.5) is 11.4 Å². The van der Waals surface area contributed by atoms with Gasteiger partial charge in [0.05, 0.1) is 25.6 Å². The van der Waals surface area contributed by atoms with E-state index in [0.717, 1.165) is 0 Å². The lowest BCUT2D eigenvalue weighted by atomic mass is 10.0. The van der Waals surface area contributed by atoms with Crippen molar-refractivity contribution in [1.29, 1.82) is 0 Å². The van der Waals surface area contributed by atoms with Crippen molar-refractivity contribution in [1.82, 2.24) is 0 Å².